The van der Waals surface area contributed by atoms with Crippen LogP contribution in [0.2, 0.25) is 0 Å². The fraction of sp³-hybridized carbons (Fsp3) is 0.200. The maximum absolute atomic E-state index is 12.5. The Hall–Kier alpha value is -3.28. The van der Waals surface area contributed by atoms with Crippen LogP contribution in [-0.2, 0) is 11.8 Å². The lowest BCUT2D eigenvalue weighted by Gasteiger charge is -2.09. The predicted octanol–water partition coefficient (Wildman–Crippen LogP) is 3.07. The van der Waals surface area contributed by atoms with Gasteiger partial charge in [0.1, 0.15) is 5.70 Å². The molecule has 6 nitrogen and oxygen atoms in total. The van der Waals surface area contributed by atoms with Gasteiger partial charge in [-0.2, -0.15) is 0 Å². The van der Waals surface area contributed by atoms with Crippen molar-refractivity contribution in [3.63, 3.8) is 0 Å². The van der Waals surface area contributed by atoms with Crippen molar-refractivity contribution in [3.8, 4) is 0 Å². The molecule has 2 heterocycles. The number of aryl methyl sites for hydroxylation is 1. The lowest BCUT2D eigenvalue weighted by atomic mass is 10.1. The van der Waals surface area contributed by atoms with Crippen molar-refractivity contribution in [1.29, 1.82) is 0 Å². The molecule has 0 aliphatic rings. The van der Waals surface area contributed by atoms with Gasteiger partial charge in [0.2, 0.25) is 0 Å². The number of nitrogens with zero attached hydrogens (tertiary/aromatic N) is 1. The highest BCUT2D eigenvalue weighted by Gasteiger charge is 2.17. The van der Waals surface area contributed by atoms with Crippen LogP contribution in [0.5, 0.6) is 0 Å². The van der Waals surface area contributed by atoms with E-state index in [0.717, 1.165) is 22.9 Å². The molecule has 2 aromatic heterocycles. The average Bonchev–Trinajstić information content (AvgIpc) is 3.28. The number of rotatable bonds is 6. The van der Waals surface area contributed by atoms with Gasteiger partial charge in [-0.1, -0.05) is 25.1 Å². The first-order chi connectivity index (χ1) is 12.6. The van der Waals surface area contributed by atoms with Crippen molar-refractivity contribution < 1.29 is 14.0 Å². The number of aromatic nitrogens is 1. The second-order valence-corrected chi connectivity index (χ2v) is 5.96. The van der Waals surface area contributed by atoms with Crippen LogP contribution in [0.15, 0.2) is 59.0 Å². The van der Waals surface area contributed by atoms with Gasteiger partial charge in [0, 0.05) is 36.3 Å². The maximum atomic E-state index is 12.5. The Morgan fingerprint density at radius 3 is 2.73 bits per heavy atom. The van der Waals surface area contributed by atoms with Gasteiger partial charge >= 0.3 is 0 Å². The molecule has 3 aromatic rings. The molecule has 26 heavy (non-hydrogen) atoms. The number of carbonyl (C=O) groups excluding carboxylic acids is 2. The van der Waals surface area contributed by atoms with Gasteiger partial charge in [0.25, 0.3) is 11.8 Å². The third kappa shape index (κ3) is 3.69. The lowest BCUT2D eigenvalue weighted by molar-refractivity contribution is -0.117. The van der Waals surface area contributed by atoms with Crippen molar-refractivity contribution in [2.24, 2.45) is 7.05 Å². The summed E-state index contributed by atoms with van der Waals surface area (Å²) in [5, 5.41) is 6.46. The molecule has 0 radical (unpaired) electrons. The van der Waals surface area contributed by atoms with Crippen LogP contribution in [0.1, 0.15) is 29.5 Å². The molecule has 0 fully saturated rings. The van der Waals surface area contributed by atoms with Crippen molar-refractivity contribution in [2.45, 2.75) is 13.3 Å². The average molecular weight is 351 g/mol. The first-order valence-electron chi connectivity index (χ1n) is 8.49. The monoisotopic (exact) mass is 351 g/mol. The molecule has 2 amide bonds. The molecule has 0 aliphatic carbocycles. The molecule has 0 saturated heterocycles. The Bertz CT molecular complexity index is 952. The van der Waals surface area contributed by atoms with E-state index in [2.05, 4.69) is 10.6 Å². The minimum atomic E-state index is -0.465. The van der Waals surface area contributed by atoms with Crippen molar-refractivity contribution >= 4 is 28.8 Å². The SMILES string of the molecule is CCCNC(=O)C(=Cc1cn(C)c2ccccc12)NC(=O)c1ccco1. The number of para-hydroxylation sites is 1. The van der Waals surface area contributed by atoms with Crippen LogP contribution < -0.4 is 10.6 Å². The lowest BCUT2D eigenvalue weighted by Crippen LogP contribution is -2.35. The van der Waals surface area contributed by atoms with Gasteiger partial charge in [-0.25, -0.2) is 0 Å². The number of carbonyl (C=O) groups is 2. The summed E-state index contributed by atoms with van der Waals surface area (Å²) < 4.78 is 7.09. The summed E-state index contributed by atoms with van der Waals surface area (Å²) >= 11 is 0. The largest absolute Gasteiger partial charge is 0.459 e. The van der Waals surface area contributed by atoms with E-state index < -0.39 is 5.91 Å². The summed E-state index contributed by atoms with van der Waals surface area (Å²) in [6.07, 6.45) is 5.84. The highest BCUT2D eigenvalue weighted by atomic mass is 16.3. The van der Waals surface area contributed by atoms with E-state index >= 15 is 0 Å². The summed E-state index contributed by atoms with van der Waals surface area (Å²) in [6, 6.07) is 11.1. The Morgan fingerprint density at radius 1 is 1.19 bits per heavy atom. The first kappa shape index (κ1) is 17.5. The minimum absolute atomic E-state index is 0.150. The normalized spacial score (nSPS) is 11.5. The van der Waals surface area contributed by atoms with E-state index in [4.69, 9.17) is 4.42 Å². The Kier molecular flexibility index (Phi) is 5.22. The van der Waals surface area contributed by atoms with Crippen molar-refractivity contribution in [2.75, 3.05) is 6.54 Å². The van der Waals surface area contributed by atoms with Crippen LogP contribution in [-0.4, -0.2) is 22.9 Å². The number of benzene rings is 1. The van der Waals surface area contributed by atoms with Gasteiger partial charge in [-0.15, -0.1) is 0 Å². The van der Waals surface area contributed by atoms with Gasteiger partial charge < -0.3 is 19.6 Å². The van der Waals surface area contributed by atoms with E-state index in [-0.39, 0.29) is 17.4 Å². The van der Waals surface area contributed by atoms with E-state index in [0.29, 0.717) is 6.54 Å². The Balaban J connectivity index is 1.97. The number of hydrogen-bond donors (Lipinski definition) is 2. The van der Waals surface area contributed by atoms with Crippen LogP contribution in [0.4, 0.5) is 0 Å². The van der Waals surface area contributed by atoms with Crippen molar-refractivity contribution in [3.05, 3.63) is 65.9 Å². The molecule has 0 bridgehead atoms. The van der Waals surface area contributed by atoms with Crippen LogP contribution in [0, 0.1) is 0 Å². The second kappa shape index (κ2) is 7.74. The molecule has 0 atom stereocenters. The summed E-state index contributed by atoms with van der Waals surface area (Å²) in [5.74, 6) is -0.648. The van der Waals surface area contributed by atoms with E-state index in [1.807, 2.05) is 49.0 Å². The number of hydrogen-bond acceptors (Lipinski definition) is 3. The zero-order valence-corrected chi connectivity index (χ0v) is 14.8. The van der Waals surface area contributed by atoms with Crippen molar-refractivity contribution in [1.82, 2.24) is 15.2 Å². The van der Waals surface area contributed by atoms with Crippen LogP contribution in [0.3, 0.4) is 0 Å². The van der Waals surface area contributed by atoms with Gasteiger partial charge in [0.05, 0.1) is 6.26 Å². The molecule has 134 valence electrons. The molecule has 0 aliphatic heterocycles. The van der Waals surface area contributed by atoms with Gasteiger partial charge in [-0.05, 0) is 30.7 Å². The molecule has 0 spiro atoms. The minimum Gasteiger partial charge on any atom is -0.459 e. The predicted molar refractivity (Wildman–Crippen MR) is 100 cm³/mol. The van der Waals surface area contributed by atoms with E-state index in [1.165, 1.54) is 6.26 Å². The summed E-state index contributed by atoms with van der Waals surface area (Å²) in [4.78, 5) is 24.8. The summed E-state index contributed by atoms with van der Waals surface area (Å²) in [7, 11) is 1.94. The second-order valence-electron chi connectivity index (χ2n) is 5.96. The molecular formula is C20H21N3O3. The zero-order chi connectivity index (χ0) is 18.5. The quantitative estimate of drug-likeness (QED) is 0.670. The van der Waals surface area contributed by atoms with E-state index in [1.54, 1.807) is 18.2 Å². The third-order valence-corrected chi connectivity index (χ3v) is 4.00. The van der Waals surface area contributed by atoms with Gasteiger partial charge in [0.15, 0.2) is 5.76 Å². The maximum Gasteiger partial charge on any atom is 0.291 e. The summed E-state index contributed by atoms with van der Waals surface area (Å²) in [6.45, 7) is 2.50. The third-order valence-electron chi connectivity index (χ3n) is 4.00. The summed E-state index contributed by atoms with van der Waals surface area (Å²) in [5.41, 5.74) is 2.07. The first-order valence-corrected chi connectivity index (χ1v) is 8.49. The number of furan rings is 1. The fourth-order valence-electron chi connectivity index (χ4n) is 2.73. The zero-order valence-electron chi connectivity index (χ0n) is 14.8. The Morgan fingerprint density at radius 2 is 2.00 bits per heavy atom. The number of amides is 2. The topological polar surface area (TPSA) is 76.3 Å². The molecular weight excluding hydrogens is 330 g/mol. The van der Waals surface area contributed by atoms with E-state index in [9.17, 15) is 9.59 Å². The molecule has 2 N–H and O–H groups in total. The molecule has 6 heteroatoms. The van der Waals surface area contributed by atoms with Crippen LogP contribution in [0.25, 0.3) is 17.0 Å². The number of fused-ring (bicyclic) bond motifs is 1. The fourth-order valence-corrected chi connectivity index (χ4v) is 2.73. The molecule has 3 rings (SSSR count). The Labute approximate surface area is 151 Å². The standard InChI is InChI=1S/C20H21N3O3/c1-3-10-21-19(24)16(22-20(25)18-9-6-11-26-18)12-14-13-23(2)17-8-5-4-7-15(14)17/h4-9,11-13H,3,10H2,1-2H3,(H,21,24)(H,22,25). The molecule has 1 aromatic carbocycles. The van der Waals surface area contributed by atoms with Gasteiger partial charge in [-0.3, -0.25) is 9.59 Å². The molecule has 0 unspecified atom stereocenters. The number of nitrogens with one attached hydrogen (secondary N) is 2. The molecule has 0 saturated carbocycles. The van der Waals surface area contributed by atoms with Crippen LogP contribution >= 0.6 is 0 Å². The highest BCUT2D eigenvalue weighted by Crippen LogP contribution is 2.22. The smallest absolute Gasteiger partial charge is 0.291 e. The highest BCUT2D eigenvalue weighted by molar-refractivity contribution is 6.05.